The van der Waals surface area contributed by atoms with Gasteiger partial charge in [-0.2, -0.15) is 0 Å². The van der Waals surface area contributed by atoms with Crippen molar-refractivity contribution >= 4 is 5.91 Å². The first kappa shape index (κ1) is 16.4. The second kappa shape index (κ2) is 8.54. The van der Waals surface area contributed by atoms with E-state index in [1.54, 1.807) is 0 Å². The first-order chi connectivity index (χ1) is 9.02. The van der Waals surface area contributed by atoms with Gasteiger partial charge in [-0.3, -0.25) is 4.79 Å². The fourth-order valence-corrected chi connectivity index (χ4v) is 2.60. The molecule has 1 amide bonds. The normalized spacial score (nSPS) is 27.5. The van der Waals surface area contributed by atoms with Crippen LogP contribution in [0.3, 0.4) is 0 Å². The van der Waals surface area contributed by atoms with Crippen LogP contribution in [0, 0.1) is 17.8 Å². The third-order valence-electron chi connectivity index (χ3n) is 3.92. The van der Waals surface area contributed by atoms with E-state index in [4.69, 9.17) is 10.5 Å². The summed E-state index contributed by atoms with van der Waals surface area (Å²) in [5.74, 6) is 1.14. The molecule has 112 valence electrons. The molecule has 0 bridgehead atoms. The summed E-state index contributed by atoms with van der Waals surface area (Å²) in [6, 6.07) is 0.180. The van der Waals surface area contributed by atoms with Crippen molar-refractivity contribution in [2.75, 3.05) is 19.8 Å². The molecule has 0 aromatic carbocycles. The first-order valence-corrected chi connectivity index (χ1v) is 7.63. The minimum absolute atomic E-state index is 0.0975. The summed E-state index contributed by atoms with van der Waals surface area (Å²) in [6.07, 6.45) is 3.98. The molecule has 3 unspecified atom stereocenters. The van der Waals surface area contributed by atoms with Crippen LogP contribution < -0.4 is 11.1 Å². The van der Waals surface area contributed by atoms with E-state index in [1.165, 1.54) is 0 Å². The molecule has 1 aliphatic rings. The standard InChI is InChI=1S/C15H30N2O2/c1-11(2)10-19-9-5-8-17-15(18)13-6-4-7-14(16)12(13)3/h11-14H,4-10,16H2,1-3H3,(H,17,18). The summed E-state index contributed by atoms with van der Waals surface area (Å²) in [5, 5.41) is 3.02. The Hall–Kier alpha value is -0.610. The van der Waals surface area contributed by atoms with Gasteiger partial charge in [0, 0.05) is 31.7 Å². The Bertz CT molecular complexity index is 269. The van der Waals surface area contributed by atoms with Gasteiger partial charge in [0.25, 0.3) is 0 Å². The summed E-state index contributed by atoms with van der Waals surface area (Å²) in [7, 11) is 0. The number of carbonyl (C=O) groups is 1. The molecule has 0 heterocycles. The van der Waals surface area contributed by atoms with Gasteiger partial charge in [0.05, 0.1) is 0 Å². The van der Waals surface area contributed by atoms with E-state index >= 15 is 0 Å². The fraction of sp³-hybridized carbons (Fsp3) is 0.933. The van der Waals surface area contributed by atoms with Gasteiger partial charge in [0.2, 0.25) is 5.91 Å². The molecule has 19 heavy (non-hydrogen) atoms. The SMILES string of the molecule is CC(C)COCCCNC(=O)C1CCCC(N)C1C. The van der Waals surface area contributed by atoms with Crippen molar-refractivity contribution in [1.29, 1.82) is 0 Å². The molecule has 0 spiro atoms. The van der Waals surface area contributed by atoms with E-state index < -0.39 is 0 Å². The fourth-order valence-electron chi connectivity index (χ4n) is 2.60. The van der Waals surface area contributed by atoms with Crippen molar-refractivity contribution in [3.05, 3.63) is 0 Å². The number of nitrogens with two attached hydrogens (primary N) is 1. The largest absolute Gasteiger partial charge is 0.381 e. The molecule has 0 aromatic rings. The number of hydrogen-bond acceptors (Lipinski definition) is 3. The van der Waals surface area contributed by atoms with Crippen molar-refractivity contribution in [1.82, 2.24) is 5.32 Å². The minimum atomic E-state index is 0.0975. The molecule has 4 heteroatoms. The summed E-state index contributed by atoms with van der Waals surface area (Å²) in [4.78, 5) is 12.1. The molecular weight excluding hydrogens is 240 g/mol. The van der Waals surface area contributed by atoms with Crippen LogP contribution >= 0.6 is 0 Å². The smallest absolute Gasteiger partial charge is 0.223 e. The first-order valence-electron chi connectivity index (χ1n) is 7.63. The number of carbonyl (C=O) groups excluding carboxylic acids is 1. The van der Waals surface area contributed by atoms with E-state index in [-0.39, 0.29) is 17.9 Å². The molecule has 3 N–H and O–H groups in total. The lowest BCUT2D eigenvalue weighted by Gasteiger charge is -2.32. The zero-order valence-electron chi connectivity index (χ0n) is 12.7. The van der Waals surface area contributed by atoms with Gasteiger partial charge in [-0.05, 0) is 31.1 Å². The zero-order valence-corrected chi connectivity index (χ0v) is 12.7. The monoisotopic (exact) mass is 270 g/mol. The van der Waals surface area contributed by atoms with Gasteiger partial charge in [-0.25, -0.2) is 0 Å². The summed E-state index contributed by atoms with van der Waals surface area (Å²) in [6.45, 7) is 8.58. The van der Waals surface area contributed by atoms with Gasteiger partial charge in [0.15, 0.2) is 0 Å². The Labute approximate surface area is 117 Å². The third kappa shape index (κ3) is 5.91. The van der Waals surface area contributed by atoms with Crippen LogP contribution in [0.15, 0.2) is 0 Å². The van der Waals surface area contributed by atoms with Crippen LogP contribution in [-0.2, 0) is 9.53 Å². The molecule has 0 saturated heterocycles. The topological polar surface area (TPSA) is 64.3 Å². The molecule has 1 aliphatic carbocycles. The highest BCUT2D eigenvalue weighted by molar-refractivity contribution is 5.79. The molecule has 3 atom stereocenters. The molecule has 0 aromatic heterocycles. The molecule has 1 rings (SSSR count). The number of amides is 1. The van der Waals surface area contributed by atoms with Crippen molar-refractivity contribution in [3.63, 3.8) is 0 Å². The predicted molar refractivity (Wildman–Crippen MR) is 77.8 cm³/mol. The highest BCUT2D eigenvalue weighted by atomic mass is 16.5. The lowest BCUT2D eigenvalue weighted by atomic mass is 9.77. The van der Waals surface area contributed by atoms with E-state index in [9.17, 15) is 4.79 Å². The van der Waals surface area contributed by atoms with Crippen LogP contribution in [0.4, 0.5) is 0 Å². The highest BCUT2D eigenvalue weighted by Crippen LogP contribution is 2.28. The zero-order chi connectivity index (χ0) is 14.3. The average molecular weight is 270 g/mol. The Balaban J connectivity index is 2.13. The Morgan fingerprint density at radius 2 is 2.16 bits per heavy atom. The van der Waals surface area contributed by atoms with Crippen molar-refractivity contribution < 1.29 is 9.53 Å². The molecular formula is C15H30N2O2. The number of ether oxygens (including phenoxy) is 1. The van der Waals surface area contributed by atoms with Gasteiger partial charge in [0.1, 0.15) is 0 Å². The van der Waals surface area contributed by atoms with Gasteiger partial charge >= 0.3 is 0 Å². The second-order valence-electron chi connectivity index (χ2n) is 6.17. The highest BCUT2D eigenvalue weighted by Gasteiger charge is 2.32. The van der Waals surface area contributed by atoms with E-state index in [1.807, 2.05) is 0 Å². The predicted octanol–water partition coefficient (Wildman–Crippen LogP) is 1.93. The van der Waals surface area contributed by atoms with E-state index in [0.717, 1.165) is 38.9 Å². The molecule has 1 saturated carbocycles. The number of rotatable bonds is 7. The van der Waals surface area contributed by atoms with Crippen LogP contribution in [-0.4, -0.2) is 31.7 Å². The lowest BCUT2D eigenvalue weighted by Crippen LogP contribution is -2.44. The summed E-state index contributed by atoms with van der Waals surface area (Å²) >= 11 is 0. The molecule has 0 radical (unpaired) electrons. The van der Waals surface area contributed by atoms with Crippen LogP contribution in [0.25, 0.3) is 0 Å². The maximum Gasteiger partial charge on any atom is 0.223 e. The molecule has 1 fully saturated rings. The number of nitrogens with one attached hydrogen (secondary N) is 1. The Kier molecular flexibility index (Phi) is 7.39. The second-order valence-corrected chi connectivity index (χ2v) is 6.17. The van der Waals surface area contributed by atoms with Crippen molar-refractivity contribution in [2.45, 2.75) is 52.5 Å². The van der Waals surface area contributed by atoms with Gasteiger partial charge in [-0.1, -0.05) is 27.2 Å². The van der Waals surface area contributed by atoms with E-state index in [0.29, 0.717) is 18.4 Å². The molecule has 0 aliphatic heterocycles. The molecule has 4 nitrogen and oxygen atoms in total. The Morgan fingerprint density at radius 3 is 2.84 bits per heavy atom. The van der Waals surface area contributed by atoms with Crippen LogP contribution in [0.5, 0.6) is 0 Å². The summed E-state index contributed by atoms with van der Waals surface area (Å²) < 4.78 is 5.49. The summed E-state index contributed by atoms with van der Waals surface area (Å²) in [5.41, 5.74) is 6.03. The Morgan fingerprint density at radius 1 is 1.42 bits per heavy atom. The average Bonchev–Trinajstić information content (AvgIpc) is 2.36. The van der Waals surface area contributed by atoms with Crippen LogP contribution in [0.2, 0.25) is 0 Å². The minimum Gasteiger partial charge on any atom is -0.381 e. The van der Waals surface area contributed by atoms with E-state index in [2.05, 4.69) is 26.1 Å². The maximum atomic E-state index is 12.1. The van der Waals surface area contributed by atoms with Crippen LogP contribution in [0.1, 0.15) is 46.5 Å². The quantitative estimate of drug-likeness (QED) is 0.695. The lowest BCUT2D eigenvalue weighted by molar-refractivity contribution is -0.127. The maximum absolute atomic E-state index is 12.1. The third-order valence-corrected chi connectivity index (χ3v) is 3.92. The van der Waals surface area contributed by atoms with Crippen molar-refractivity contribution in [2.24, 2.45) is 23.5 Å². The van der Waals surface area contributed by atoms with Crippen molar-refractivity contribution in [3.8, 4) is 0 Å². The number of hydrogen-bond donors (Lipinski definition) is 2. The van der Waals surface area contributed by atoms with Gasteiger partial charge in [-0.15, -0.1) is 0 Å². The van der Waals surface area contributed by atoms with Gasteiger partial charge < -0.3 is 15.8 Å².